The number of aromatic nitrogens is 2. The summed E-state index contributed by atoms with van der Waals surface area (Å²) in [5, 5.41) is 13.8. The standard InChI is InChI=1S/C13H17N3S/c1-4-10-7-5-6-8-11(10)13-16-15-12(17-13)9(2)14-3/h5-9,14H,4H2,1-3H3. The van der Waals surface area contributed by atoms with Crippen LogP contribution in [0.1, 0.15) is 30.5 Å². The van der Waals surface area contributed by atoms with Gasteiger partial charge in [0.25, 0.3) is 0 Å². The van der Waals surface area contributed by atoms with E-state index in [2.05, 4.69) is 53.6 Å². The van der Waals surface area contributed by atoms with Crippen molar-refractivity contribution in [2.24, 2.45) is 0 Å². The third kappa shape index (κ3) is 2.53. The van der Waals surface area contributed by atoms with E-state index >= 15 is 0 Å². The van der Waals surface area contributed by atoms with Gasteiger partial charge in [-0.05, 0) is 26.0 Å². The van der Waals surface area contributed by atoms with Gasteiger partial charge in [0.05, 0.1) is 6.04 Å². The zero-order chi connectivity index (χ0) is 12.3. The molecule has 0 saturated carbocycles. The number of hydrogen-bond donors (Lipinski definition) is 1. The molecule has 1 atom stereocenters. The average Bonchev–Trinajstić information content (AvgIpc) is 2.87. The number of benzene rings is 1. The predicted octanol–water partition coefficient (Wildman–Crippen LogP) is 3.05. The Balaban J connectivity index is 2.37. The average molecular weight is 247 g/mol. The Labute approximate surface area is 106 Å². The summed E-state index contributed by atoms with van der Waals surface area (Å²) in [5.41, 5.74) is 2.54. The van der Waals surface area contributed by atoms with Gasteiger partial charge in [-0.2, -0.15) is 0 Å². The van der Waals surface area contributed by atoms with E-state index in [0.717, 1.165) is 16.4 Å². The van der Waals surface area contributed by atoms with Crippen molar-refractivity contribution in [3.8, 4) is 10.6 Å². The number of nitrogens with one attached hydrogen (secondary N) is 1. The molecule has 2 rings (SSSR count). The van der Waals surface area contributed by atoms with Gasteiger partial charge in [0, 0.05) is 5.56 Å². The van der Waals surface area contributed by atoms with Gasteiger partial charge in [0.1, 0.15) is 10.0 Å². The SMILES string of the molecule is CCc1ccccc1-c1nnc(C(C)NC)s1. The highest BCUT2D eigenvalue weighted by Gasteiger charge is 2.12. The highest BCUT2D eigenvalue weighted by molar-refractivity contribution is 7.14. The predicted molar refractivity (Wildman–Crippen MR) is 72.2 cm³/mol. The van der Waals surface area contributed by atoms with E-state index in [1.54, 1.807) is 11.3 Å². The molecule has 0 aliphatic heterocycles. The molecule has 0 aliphatic rings. The minimum absolute atomic E-state index is 0.259. The summed E-state index contributed by atoms with van der Waals surface area (Å²) in [6, 6.07) is 8.65. The second-order valence-electron chi connectivity index (χ2n) is 3.97. The summed E-state index contributed by atoms with van der Waals surface area (Å²) in [7, 11) is 1.94. The van der Waals surface area contributed by atoms with Crippen molar-refractivity contribution in [1.29, 1.82) is 0 Å². The van der Waals surface area contributed by atoms with Crippen molar-refractivity contribution in [2.75, 3.05) is 7.05 Å². The van der Waals surface area contributed by atoms with Crippen LogP contribution in [-0.2, 0) is 6.42 Å². The minimum atomic E-state index is 0.259. The molecule has 1 N–H and O–H groups in total. The van der Waals surface area contributed by atoms with Crippen LogP contribution in [0.3, 0.4) is 0 Å². The molecule has 0 spiro atoms. The largest absolute Gasteiger partial charge is 0.311 e. The van der Waals surface area contributed by atoms with E-state index in [1.165, 1.54) is 11.1 Å². The lowest BCUT2D eigenvalue weighted by molar-refractivity contribution is 0.640. The van der Waals surface area contributed by atoms with Gasteiger partial charge in [-0.25, -0.2) is 0 Å². The zero-order valence-corrected chi connectivity index (χ0v) is 11.2. The Hall–Kier alpha value is -1.26. The summed E-state index contributed by atoms with van der Waals surface area (Å²) in [6.07, 6.45) is 1.02. The molecule has 1 unspecified atom stereocenters. The number of aryl methyl sites for hydroxylation is 1. The molecule has 0 radical (unpaired) electrons. The number of nitrogens with zero attached hydrogens (tertiary/aromatic N) is 2. The Kier molecular flexibility index (Phi) is 3.86. The fraction of sp³-hybridized carbons (Fsp3) is 0.385. The molecule has 3 nitrogen and oxygen atoms in total. The van der Waals surface area contributed by atoms with Crippen LogP contribution in [-0.4, -0.2) is 17.2 Å². The first-order valence-electron chi connectivity index (χ1n) is 5.85. The third-order valence-corrected chi connectivity index (χ3v) is 4.01. The van der Waals surface area contributed by atoms with E-state index in [1.807, 2.05) is 7.05 Å². The Morgan fingerprint density at radius 2 is 2.06 bits per heavy atom. The molecule has 2 aromatic rings. The molecular formula is C13H17N3S. The van der Waals surface area contributed by atoms with Crippen LogP contribution in [0.2, 0.25) is 0 Å². The lowest BCUT2D eigenvalue weighted by Gasteiger charge is -2.04. The lowest BCUT2D eigenvalue weighted by atomic mass is 10.1. The molecule has 0 bridgehead atoms. The maximum Gasteiger partial charge on any atom is 0.148 e. The molecule has 1 heterocycles. The fourth-order valence-electron chi connectivity index (χ4n) is 1.68. The van der Waals surface area contributed by atoms with Gasteiger partial charge < -0.3 is 5.32 Å². The minimum Gasteiger partial charge on any atom is -0.311 e. The van der Waals surface area contributed by atoms with Gasteiger partial charge in [-0.3, -0.25) is 0 Å². The highest BCUT2D eigenvalue weighted by Crippen LogP contribution is 2.29. The summed E-state index contributed by atoms with van der Waals surface area (Å²) in [4.78, 5) is 0. The monoisotopic (exact) mass is 247 g/mol. The van der Waals surface area contributed by atoms with Crippen LogP contribution in [0.4, 0.5) is 0 Å². The Morgan fingerprint density at radius 1 is 1.29 bits per heavy atom. The fourth-order valence-corrected chi connectivity index (χ4v) is 2.64. The molecule has 17 heavy (non-hydrogen) atoms. The van der Waals surface area contributed by atoms with E-state index in [-0.39, 0.29) is 6.04 Å². The maximum atomic E-state index is 4.29. The van der Waals surface area contributed by atoms with Crippen LogP contribution < -0.4 is 5.32 Å². The first-order valence-corrected chi connectivity index (χ1v) is 6.66. The van der Waals surface area contributed by atoms with Crippen molar-refractivity contribution in [1.82, 2.24) is 15.5 Å². The second-order valence-corrected chi connectivity index (χ2v) is 4.98. The topological polar surface area (TPSA) is 37.8 Å². The van der Waals surface area contributed by atoms with Crippen LogP contribution in [0.25, 0.3) is 10.6 Å². The second kappa shape index (κ2) is 5.38. The van der Waals surface area contributed by atoms with Gasteiger partial charge in [0.15, 0.2) is 0 Å². The van der Waals surface area contributed by atoms with Crippen molar-refractivity contribution in [3.05, 3.63) is 34.8 Å². The van der Waals surface area contributed by atoms with Crippen LogP contribution in [0.15, 0.2) is 24.3 Å². The van der Waals surface area contributed by atoms with Gasteiger partial charge in [0.2, 0.25) is 0 Å². The summed E-state index contributed by atoms with van der Waals surface area (Å²) in [5.74, 6) is 0. The molecule has 0 aliphatic carbocycles. The molecule has 90 valence electrons. The van der Waals surface area contributed by atoms with Crippen LogP contribution in [0, 0.1) is 0 Å². The van der Waals surface area contributed by atoms with Crippen molar-refractivity contribution in [3.63, 3.8) is 0 Å². The molecule has 4 heteroatoms. The van der Waals surface area contributed by atoms with Gasteiger partial charge in [-0.15, -0.1) is 10.2 Å². The summed E-state index contributed by atoms with van der Waals surface area (Å²) < 4.78 is 0. The smallest absolute Gasteiger partial charge is 0.148 e. The van der Waals surface area contributed by atoms with Crippen molar-refractivity contribution >= 4 is 11.3 Å². The highest BCUT2D eigenvalue weighted by atomic mass is 32.1. The molecule has 1 aromatic carbocycles. The third-order valence-electron chi connectivity index (χ3n) is 2.87. The summed E-state index contributed by atoms with van der Waals surface area (Å²) in [6.45, 7) is 4.26. The molecule has 1 aromatic heterocycles. The normalized spacial score (nSPS) is 12.6. The quantitative estimate of drug-likeness (QED) is 0.902. The molecule has 0 amide bonds. The number of hydrogen-bond acceptors (Lipinski definition) is 4. The molecule has 0 saturated heterocycles. The van der Waals surface area contributed by atoms with Crippen LogP contribution in [0.5, 0.6) is 0 Å². The first-order chi connectivity index (χ1) is 8.26. The van der Waals surface area contributed by atoms with E-state index in [4.69, 9.17) is 0 Å². The van der Waals surface area contributed by atoms with Crippen molar-refractivity contribution in [2.45, 2.75) is 26.3 Å². The van der Waals surface area contributed by atoms with E-state index < -0.39 is 0 Å². The molecular weight excluding hydrogens is 230 g/mol. The zero-order valence-electron chi connectivity index (χ0n) is 10.4. The van der Waals surface area contributed by atoms with Gasteiger partial charge in [-0.1, -0.05) is 42.5 Å². The first kappa shape index (κ1) is 12.2. The maximum absolute atomic E-state index is 4.29. The van der Waals surface area contributed by atoms with Crippen molar-refractivity contribution < 1.29 is 0 Å². The number of rotatable bonds is 4. The lowest BCUT2D eigenvalue weighted by Crippen LogP contribution is -2.11. The van der Waals surface area contributed by atoms with Gasteiger partial charge >= 0.3 is 0 Å². The Bertz CT molecular complexity index is 493. The Morgan fingerprint density at radius 3 is 2.76 bits per heavy atom. The van der Waals surface area contributed by atoms with E-state index in [0.29, 0.717) is 0 Å². The molecule has 0 fully saturated rings. The summed E-state index contributed by atoms with van der Waals surface area (Å²) >= 11 is 1.66. The van der Waals surface area contributed by atoms with E-state index in [9.17, 15) is 0 Å². The van der Waals surface area contributed by atoms with Crippen LogP contribution >= 0.6 is 11.3 Å².